The van der Waals surface area contributed by atoms with Gasteiger partial charge in [-0.25, -0.2) is 4.98 Å². The molecular formula is C12H14N2O2. The lowest BCUT2D eigenvalue weighted by atomic mass is 10.2. The van der Waals surface area contributed by atoms with Gasteiger partial charge < -0.3 is 10.1 Å². The van der Waals surface area contributed by atoms with E-state index in [1.165, 1.54) is 7.11 Å². The van der Waals surface area contributed by atoms with Crippen LogP contribution < -0.4 is 10.1 Å². The van der Waals surface area contributed by atoms with Crippen molar-refractivity contribution in [3.63, 3.8) is 0 Å². The topological polar surface area (TPSA) is 51.2 Å². The summed E-state index contributed by atoms with van der Waals surface area (Å²) in [5.41, 5.74) is 0.411. The molecule has 1 N–H and O–H groups in total. The van der Waals surface area contributed by atoms with Crippen LogP contribution in [-0.4, -0.2) is 24.0 Å². The second-order valence-electron chi connectivity index (χ2n) is 3.34. The predicted octanol–water partition coefficient (Wildman–Crippen LogP) is 1.23. The lowest BCUT2D eigenvalue weighted by molar-refractivity contribution is 0.0937. The molecular weight excluding hydrogens is 204 g/mol. The molecule has 0 aliphatic carbocycles. The zero-order valence-corrected chi connectivity index (χ0v) is 9.36. The quantitative estimate of drug-likeness (QED) is 0.773. The minimum Gasteiger partial charge on any atom is -0.480 e. The highest BCUT2D eigenvalue weighted by molar-refractivity contribution is 5.96. The molecule has 0 aliphatic heterocycles. The first-order valence-electron chi connectivity index (χ1n) is 4.92. The monoisotopic (exact) mass is 218 g/mol. The summed E-state index contributed by atoms with van der Waals surface area (Å²) in [6.07, 6.45) is 7.23. The van der Waals surface area contributed by atoms with Crippen LogP contribution in [0.2, 0.25) is 0 Å². The summed E-state index contributed by atoms with van der Waals surface area (Å²) in [4.78, 5) is 15.8. The average Bonchev–Trinajstić information content (AvgIpc) is 2.29. The number of nitrogens with zero attached hydrogens (tertiary/aromatic N) is 1. The number of amides is 1. The lowest BCUT2D eigenvalue weighted by Crippen LogP contribution is -2.32. The maximum atomic E-state index is 11.8. The Labute approximate surface area is 95.0 Å². The lowest BCUT2D eigenvalue weighted by Gasteiger charge is -2.12. The number of terminal acetylenes is 1. The van der Waals surface area contributed by atoms with E-state index in [0.717, 1.165) is 0 Å². The zero-order valence-electron chi connectivity index (χ0n) is 9.36. The van der Waals surface area contributed by atoms with E-state index in [0.29, 0.717) is 17.9 Å². The molecule has 84 valence electrons. The van der Waals surface area contributed by atoms with Gasteiger partial charge in [0, 0.05) is 18.7 Å². The van der Waals surface area contributed by atoms with Crippen LogP contribution in [0, 0.1) is 12.3 Å². The van der Waals surface area contributed by atoms with Crippen molar-refractivity contribution in [2.75, 3.05) is 7.11 Å². The van der Waals surface area contributed by atoms with Crippen LogP contribution in [0.3, 0.4) is 0 Å². The van der Waals surface area contributed by atoms with Crippen LogP contribution >= 0.6 is 0 Å². The Kier molecular flexibility index (Phi) is 4.34. The number of carbonyl (C=O) groups is 1. The van der Waals surface area contributed by atoms with Crippen molar-refractivity contribution in [2.45, 2.75) is 19.4 Å². The van der Waals surface area contributed by atoms with Crippen molar-refractivity contribution < 1.29 is 9.53 Å². The Hall–Kier alpha value is -2.02. The summed E-state index contributed by atoms with van der Waals surface area (Å²) in [5.74, 6) is 2.58. The van der Waals surface area contributed by atoms with E-state index in [4.69, 9.17) is 11.2 Å². The average molecular weight is 218 g/mol. The van der Waals surface area contributed by atoms with Crippen molar-refractivity contribution in [1.82, 2.24) is 10.3 Å². The number of hydrogen-bond acceptors (Lipinski definition) is 3. The van der Waals surface area contributed by atoms with E-state index in [-0.39, 0.29) is 11.9 Å². The third-order valence-electron chi connectivity index (χ3n) is 2.01. The van der Waals surface area contributed by atoms with Gasteiger partial charge >= 0.3 is 0 Å². The summed E-state index contributed by atoms with van der Waals surface area (Å²) in [6.45, 7) is 1.85. The summed E-state index contributed by atoms with van der Waals surface area (Å²) in [6, 6.07) is 3.27. The molecule has 0 saturated heterocycles. The molecule has 0 fully saturated rings. The van der Waals surface area contributed by atoms with E-state index in [9.17, 15) is 4.79 Å². The molecule has 1 aromatic heterocycles. The number of hydrogen-bond donors (Lipinski definition) is 1. The summed E-state index contributed by atoms with van der Waals surface area (Å²) >= 11 is 0. The highest BCUT2D eigenvalue weighted by Gasteiger charge is 2.14. The molecule has 4 heteroatoms. The Morgan fingerprint density at radius 2 is 2.50 bits per heavy atom. The molecule has 0 bridgehead atoms. The van der Waals surface area contributed by atoms with E-state index < -0.39 is 0 Å². The third kappa shape index (κ3) is 2.99. The van der Waals surface area contributed by atoms with Crippen molar-refractivity contribution in [3.8, 4) is 18.2 Å². The van der Waals surface area contributed by atoms with Crippen LogP contribution in [0.15, 0.2) is 18.3 Å². The summed E-state index contributed by atoms with van der Waals surface area (Å²) in [5, 5.41) is 2.77. The third-order valence-corrected chi connectivity index (χ3v) is 2.01. The number of nitrogens with one attached hydrogen (secondary N) is 1. The summed E-state index contributed by atoms with van der Waals surface area (Å²) < 4.78 is 5.00. The molecule has 16 heavy (non-hydrogen) atoms. The minimum atomic E-state index is -0.229. The fourth-order valence-electron chi connectivity index (χ4n) is 1.26. The normalized spacial score (nSPS) is 11.3. The molecule has 0 radical (unpaired) electrons. The molecule has 4 nitrogen and oxygen atoms in total. The molecule has 1 amide bonds. The first-order chi connectivity index (χ1) is 7.69. The number of pyridine rings is 1. The number of methoxy groups -OCH3 is 1. The Morgan fingerprint density at radius 1 is 1.75 bits per heavy atom. The van der Waals surface area contributed by atoms with Crippen LogP contribution in [-0.2, 0) is 0 Å². The maximum Gasteiger partial charge on any atom is 0.257 e. The SMILES string of the molecule is C#CCC(C)NC(=O)c1cccnc1OC. The van der Waals surface area contributed by atoms with Crippen LogP contribution in [0.4, 0.5) is 0 Å². The number of ether oxygens (including phenoxy) is 1. The Balaban J connectivity index is 2.77. The van der Waals surface area contributed by atoms with Gasteiger partial charge in [-0.1, -0.05) is 0 Å². The van der Waals surface area contributed by atoms with Gasteiger partial charge in [-0.15, -0.1) is 12.3 Å². The standard InChI is InChI=1S/C12H14N2O2/c1-4-6-9(2)14-11(15)10-7-5-8-13-12(10)16-3/h1,5,7-9H,6H2,2-3H3,(H,14,15). The van der Waals surface area contributed by atoms with Crippen LogP contribution in [0.1, 0.15) is 23.7 Å². The largest absolute Gasteiger partial charge is 0.480 e. The van der Waals surface area contributed by atoms with Gasteiger partial charge in [0.1, 0.15) is 5.56 Å². The highest BCUT2D eigenvalue weighted by Crippen LogP contribution is 2.13. The second kappa shape index (κ2) is 5.76. The Morgan fingerprint density at radius 3 is 3.12 bits per heavy atom. The van der Waals surface area contributed by atoms with Crippen LogP contribution in [0.25, 0.3) is 0 Å². The number of carbonyl (C=O) groups excluding carboxylic acids is 1. The predicted molar refractivity (Wildman–Crippen MR) is 61.2 cm³/mol. The summed E-state index contributed by atoms with van der Waals surface area (Å²) in [7, 11) is 1.48. The second-order valence-corrected chi connectivity index (χ2v) is 3.34. The van der Waals surface area contributed by atoms with Gasteiger partial charge in [-0.2, -0.15) is 0 Å². The van der Waals surface area contributed by atoms with Crippen molar-refractivity contribution in [1.29, 1.82) is 0 Å². The molecule has 0 spiro atoms. The van der Waals surface area contributed by atoms with Crippen molar-refractivity contribution in [2.24, 2.45) is 0 Å². The first-order valence-corrected chi connectivity index (χ1v) is 4.92. The van der Waals surface area contributed by atoms with Gasteiger partial charge in [0.25, 0.3) is 5.91 Å². The fraction of sp³-hybridized carbons (Fsp3) is 0.333. The molecule has 1 atom stereocenters. The van der Waals surface area contributed by atoms with Crippen molar-refractivity contribution >= 4 is 5.91 Å². The molecule has 1 unspecified atom stereocenters. The number of rotatable bonds is 4. The van der Waals surface area contributed by atoms with Gasteiger partial charge in [0.15, 0.2) is 0 Å². The highest BCUT2D eigenvalue weighted by atomic mass is 16.5. The van der Waals surface area contributed by atoms with E-state index in [1.54, 1.807) is 18.3 Å². The molecule has 0 aromatic carbocycles. The maximum absolute atomic E-state index is 11.8. The smallest absolute Gasteiger partial charge is 0.257 e. The molecule has 1 aromatic rings. The van der Waals surface area contributed by atoms with Gasteiger partial charge in [-0.05, 0) is 19.1 Å². The number of aromatic nitrogens is 1. The zero-order chi connectivity index (χ0) is 12.0. The van der Waals surface area contributed by atoms with E-state index in [2.05, 4.69) is 16.2 Å². The molecule has 0 saturated carbocycles. The molecule has 0 aliphatic rings. The molecule has 1 rings (SSSR count). The van der Waals surface area contributed by atoms with Gasteiger partial charge in [0.05, 0.1) is 7.11 Å². The minimum absolute atomic E-state index is 0.0672. The fourth-order valence-corrected chi connectivity index (χ4v) is 1.26. The Bertz CT molecular complexity index is 410. The van der Waals surface area contributed by atoms with Gasteiger partial charge in [-0.3, -0.25) is 4.79 Å². The van der Waals surface area contributed by atoms with Crippen molar-refractivity contribution in [3.05, 3.63) is 23.9 Å². The van der Waals surface area contributed by atoms with E-state index >= 15 is 0 Å². The van der Waals surface area contributed by atoms with Gasteiger partial charge in [0.2, 0.25) is 5.88 Å². The molecule has 1 heterocycles. The first kappa shape index (κ1) is 12.1. The van der Waals surface area contributed by atoms with Crippen LogP contribution in [0.5, 0.6) is 5.88 Å². The van der Waals surface area contributed by atoms with E-state index in [1.807, 2.05) is 6.92 Å².